The minimum Gasteiger partial charge on any atom is -0.444 e. The summed E-state index contributed by atoms with van der Waals surface area (Å²) in [5.41, 5.74) is -1.17. The number of amides is 1. The maximum Gasteiger partial charge on any atom is 0.410 e. The van der Waals surface area contributed by atoms with Crippen molar-refractivity contribution in [2.24, 2.45) is 0 Å². The lowest BCUT2D eigenvalue weighted by Crippen LogP contribution is -2.58. The maximum atomic E-state index is 12.4. The standard InChI is InChI=1S/C15H20Cl2N4O3/c1-14(2,3)24-13(23)20-7-15(8-22)5-9(20)6-21(15)11-4-10(16)18-12(17)19-11/h4,9,22H,5-8H2,1-3H3/t9-,15-/m0/s1. The van der Waals surface area contributed by atoms with Crippen LogP contribution in [0.3, 0.4) is 0 Å². The number of aromatic nitrogens is 2. The number of nitrogens with zero attached hydrogens (tertiary/aromatic N) is 4. The topological polar surface area (TPSA) is 78.8 Å². The molecule has 9 heteroatoms. The van der Waals surface area contributed by atoms with Crippen molar-refractivity contribution in [1.82, 2.24) is 14.9 Å². The van der Waals surface area contributed by atoms with Crippen molar-refractivity contribution >= 4 is 35.1 Å². The van der Waals surface area contributed by atoms with Crippen LogP contribution >= 0.6 is 23.2 Å². The molecule has 0 radical (unpaired) electrons. The first-order chi connectivity index (χ1) is 11.1. The van der Waals surface area contributed by atoms with Crippen LogP contribution in [-0.2, 0) is 4.74 Å². The van der Waals surface area contributed by atoms with Gasteiger partial charge in [0.1, 0.15) is 16.6 Å². The maximum absolute atomic E-state index is 12.4. The molecular formula is C15H20Cl2N4O3. The summed E-state index contributed by atoms with van der Waals surface area (Å²) in [6, 6.07) is 1.56. The van der Waals surface area contributed by atoms with Crippen molar-refractivity contribution in [3.63, 3.8) is 0 Å². The zero-order valence-corrected chi connectivity index (χ0v) is 15.3. The van der Waals surface area contributed by atoms with Gasteiger partial charge < -0.3 is 19.6 Å². The average Bonchev–Trinajstić information content (AvgIpc) is 3.00. The number of aliphatic hydroxyl groups excluding tert-OH is 1. The smallest absolute Gasteiger partial charge is 0.410 e. The van der Waals surface area contributed by atoms with Crippen LogP contribution in [0.4, 0.5) is 10.6 Å². The zero-order valence-electron chi connectivity index (χ0n) is 13.8. The molecule has 1 aromatic heterocycles. The minimum absolute atomic E-state index is 0.0531. The first kappa shape index (κ1) is 17.5. The van der Waals surface area contributed by atoms with E-state index in [1.165, 1.54) is 0 Å². The molecule has 1 aromatic rings. The lowest BCUT2D eigenvalue weighted by molar-refractivity contribution is 0.0187. The molecule has 3 heterocycles. The molecule has 0 unspecified atom stereocenters. The molecule has 0 saturated carbocycles. The van der Waals surface area contributed by atoms with Gasteiger partial charge >= 0.3 is 6.09 Å². The molecule has 24 heavy (non-hydrogen) atoms. The summed E-state index contributed by atoms with van der Waals surface area (Å²) in [4.78, 5) is 24.1. The van der Waals surface area contributed by atoms with E-state index in [4.69, 9.17) is 27.9 Å². The highest BCUT2D eigenvalue weighted by molar-refractivity contribution is 6.32. The molecule has 2 fully saturated rings. The van der Waals surface area contributed by atoms with Gasteiger partial charge in [-0.25, -0.2) is 14.8 Å². The fourth-order valence-electron chi connectivity index (χ4n) is 3.41. The van der Waals surface area contributed by atoms with E-state index < -0.39 is 11.1 Å². The van der Waals surface area contributed by atoms with E-state index in [1.54, 1.807) is 11.0 Å². The zero-order chi connectivity index (χ0) is 17.7. The number of hydrogen-bond acceptors (Lipinski definition) is 6. The SMILES string of the molecule is CC(C)(C)OC(=O)N1C[C@]2(CO)C[C@H]1CN2c1cc(Cl)nc(Cl)n1. The van der Waals surface area contributed by atoms with Gasteiger partial charge in [0.15, 0.2) is 0 Å². The molecule has 7 nitrogen and oxygen atoms in total. The molecule has 0 aliphatic carbocycles. The molecule has 2 bridgehead atoms. The number of carbonyl (C=O) groups is 1. The molecule has 0 spiro atoms. The van der Waals surface area contributed by atoms with Gasteiger partial charge in [0.2, 0.25) is 5.28 Å². The Morgan fingerprint density at radius 1 is 1.46 bits per heavy atom. The molecule has 0 aromatic carbocycles. The Labute approximate surface area is 150 Å². The van der Waals surface area contributed by atoms with E-state index in [-0.39, 0.29) is 29.2 Å². The molecule has 132 valence electrons. The summed E-state index contributed by atoms with van der Waals surface area (Å²) < 4.78 is 5.46. The monoisotopic (exact) mass is 374 g/mol. The number of carbonyl (C=O) groups excluding carboxylic acids is 1. The van der Waals surface area contributed by atoms with Crippen LogP contribution in [0.25, 0.3) is 0 Å². The van der Waals surface area contributed by atoms with Gasteiger partial charge in [-0.1, -0.05) is 11.6 Å². The van der Waals surface area contributed by atoms with Crippen LogP contribution in [0.2, 0.25) is 10.4 Å². The summed E-state index contributed by atoms with van der Waals surface area (Å²) in [7, 11) is 0. The van der Waals surface area contributed by atoms with Crippen molar-refractivity contribution in [3.05, 3.63) is 16.5 Å². The fourth-order valence-corrected chi connectivity index (χ4v) is 3.81. The van der Waals surface area contributed by atoms with E-state index in [0.29, 0.717) is 25.3 Å². The second-order valence-electron chi connectivity index (χ2n) is 7.28. The van der Waals surface area contributed by atoms with Gasteiger partial charge in [-0.05, 0) is 38.8 Å². The number of halogens is 2. The van der Waals surface area contributed by atoms with E-state index in [2.05, 4.69) is 9.97 Å². The number of anilines is 1. The van der Waals surface area contributed by atoms with Crippen LogP contribution in [0.1, 0.15) is 27.2 Å². The van der Waals surface area contributed by atoms with Crippen LogP contribution < -0.4 is 4.90 Å². The van der Waals surface area contributed by atoms with Gasteiger partial charge in [-0.2, -0.15) is 0 Å². The first-order valence-electron chi connectivity index (χ1n) is 7.72. The number of aliphatic hydroxyl groups is 1. The number of rotatable bonds is 2. The van der Waals surface area contributed by atoms with E-state index in [1.807, 2.05) is 25.7 Å². The van der Waals surface area contributed by atoms with Gasteiger partial charge in [0.05, 0.1) is 18.2 Å². The largest absolute Gasteiger partial charge is 0.444 e. The van der Waals surface area contributed by atoms with E-state index >= 15 is 0 Å². The second-order valence-corrected chi connectivity index (χ2v) is 8.00. The van der Waals surface area contributed by atoms with E-state index in [9.17, 15) is 9.90 Å². The highest BCUT2D eigenvalue weighted by atomic mass is 35.5. The van der Waals surface area contributed by atoms with Crippen LogP contribution in [0.5, 0.6) is 0 Å². The third-order valence-corrected chi connectivity index (χ3v) is 4.70. The fraction of sp³-hybridized carbons (Fsp3) is 0.667. The van der Waals surface area contributed by atoms with Gasteiger partial charge in [-0.15, -0.1) is 0 Å². The van der Waals surface area contributed by atoms with Crippen LogP contribution in [-0.4, -0.2) is 62.9 Å². The molecule has 2 aliphatic heterocycles. The number of likely N-dealkylation sites (tertiary alicyclic amines) is 1. The summed E-state index contributed by atoms with van der Waals surface area (Å²) in [5.74, 6) is 0.556. The van der Waals surface area contributed by atoms with Crippen molar-refractivity contribution in [2.45, 2.75) is 44.4 Å². The van der Waals surface area contributed by atoms with Crippen molar-refractivity contribution in [1.29, 1.82) is 0 Å². The summed E-state index contributed by atoms with van der Waals surface area (Å²) in [6.07, 6.45) is 0.281. The van der Waals surface area contributed by atoms with Gasteiger partial charge in [0.25, 0.3) is 0 Å². The van der Waals surface area contributed by atoms with Crippen molar-refractivity contribution < 1.29 is 14.6 Å². The van der Waals surface area contributed by atoms with Crippen LogP contribution in [0.15, 0.2) is 6.07 Å². The Morgan fingerprint density at radius 3 is 2.75 bits per heavy atom. The summed E-state index contributed by atoms with van der Waals surface area (Å²) in [6.45, 7) is 6.28. The number of hydrogen-bond donors (Lipinski definition) is 1. The van der Waals surface area contributed by atoms with Crippen LogP contribution in [0, 0.1) is 0 Å². The van der Waals surface area contributed by atoms with Gasteiger partial charge in [-0.3, -0.25) is 0 Å². The third kappa shape index (κ3) is 3.12. The molecule has 2 aliphatic rings. The highest BCUT2D eigenvalue weighted by Gasteiger charge is 2.57. The Hall–Kier alpha value is -1.31. The Balaban J connectivity index is 1.83. The average molecular weight is 375 g/mol. The van der Waals surface area contributed by atoms with E-state index in [0.717, 1.165) is 0 Å². The van der Waals surface area contributed by atoms with Gasteiger partial charge in [0, 0.05) is 19.2 Å². The molecule has 1 amide bonds. The number of fused-ring (bicyclic) bond motifs is 2. The molecule has 2 atom stereocenters. The Bertz CT molecular complexity index is 646. The third-order valence-electron chi connectivity index (χ3n) is 4.34. The molecular weight excluding hydrogens is 355 g/mol. The predicted molar refractivity (Wildman–Crippen MR) is 90.6 cm³/mol. The predicted octanol–water partition coefficient (Wildman–Crippen LogP) is 2.34. The lowest BCUT2D eigenvalue weighted by atomic mass is 10.00. The second kappa shape index (κ2) is 5.89. The first-order valence-corrected chi connectivity index (χ1v) is 8.47. The van der Waals surface area contributed by atoms with Crippen molar-refractivity contribution in [2.75, 3.05) is 24.6 Å². The number of ether oxygens (including phenoxy) is 1. The highest BCUT2D eigenvalue weighted by Crippen LogP contribution is 2.43. The molecule has 2 saturated heterocycles. The summed E-state index contributed by atoms with van der Waals surface area (Å²) in [5, 5.41) is 10.3. The lowest BCUT2D eigenvalue weighted by Gasteiger charge is -2.42. The molecule has 1 N–H and O–H groups in total. The molecule has 3 rings (SSSR count). The minimum atomic E-state index is -0.609. The number of piperazine rings is 1. The van der Waals surface area contributed by atoms with Crippen molar-refractivity contribution in [3.8, 4) is 0 Å². The summed E-state index contributed by atoms with van der Waals surface area (Å²) >= 11 is 11.9. The normalized spacial score (nSPS) is 26.2. The Kier molecular flexibility index (Phi) is 4.30. The Morgan fingerprint density at radius 2 is 2.17 bits per heavy atom. The quantitative estimate of drug-likeness (QED) is 0.632.